The Hall–Kier alpha value is -5.60. The van der Waals surface area contributed by atoms with Gasteiger partial charge in [-0.3, -0.25) is 29.0 Å². The van der Waals surface area contributed by atoms with Crippen LogP contribution < -0.4 is 20.9 Å². The number of fused-ring (bicyclic) bond motifs is 1. The molecule has 0 unspecified atom stereocenters. The number of aliphatic hydroxyl groups excluding tert-OH is 1. The second-order valence-electron chi connectivity index (χ2n) is 20.5. The number of nitrogens with zero attached hydrogens (tertiary/aromatic N) is 9. The van der Waals surface area contributed by atoms with Gasteiger partial charge in [0.15, 0.2) is 5.69 Å². The number of anilines is 2. The van der Waals surface area contributed by atoms with Crippen molar-refractivity contribution in [3.05, 3.63) is 100 Å². The maximum absolute atomic E-state index is 14.1. The molecule has 0 spiro atoms. The lowest BCUT2D eigenvalue weighted by Crippen LogP contribution is -2.52. The van der Waals surface area contributed by atoms with Gasteiger partial charge in [0.2, 0.25) is 17.7 Å². The zero-order valence-corrected chi connectivity index (χ0v) is 43.8. The van der Waals surface area contributed by atoms with Crippen LogP contribution in [-0.2, 0) is 25.5 Å². The van der Waals surface area contributed by atoms with Crippen LogP contribution in [0.4, 0.5) is 11.5 Å². The summed E-state index contributed by atoms with van der Waals surface area (Å²) >= 11 is 6.24. The van der Waals surface area contributed by atoms with Crippen molar-refractivity contribution in [1.82, 2.24) is 50.1 Å². The fourth-order valence-corrected chi connectivity index (χ4v) is 11.3. The smallest absolute Gasteiger partial charge is 0.274 e. The summed E-state index contributed by atoms with van der Waals surface area (Å²) in [5.74, 6) is 0.734. The van der Waals surface area contributed by atoms with Gasteiger partial charge in [0, 0.05) is 127 Å². The van der Waals surface area contributed by atoms with Crippen LogP contribution >= 0.6 is 11.6 Å². The third kappa shape index (κ3) is 13.4. The fraction of sp³-hybridized carbons (Fsp3) is 0.545. The van der Waals surface area contributed by atoms with Gasteiger partial charge in [-0.2, -0.15) is 0 Å². The number of carbonyl (C=O) groups is 4. The zero-order valence-electron chi connectivity index (χ0n) is 43.0. The Balaban J connectivity index is 0.691. The molecule has 396 valence electrons. The van der Waals surface area contributed by atoms with Crippen LogP contribution in [0.25, 0.3) is 11.1 Å². The number of carbonyl (C=O) groups excluding carboxylic acids is 4. The predicted molar refractivity (Wildman–Crippen MR) is 285 cm³/mol. The molecule has 19 heteroatoms. The Kier molecular flexibility index (Phi) is 18.2. The minimum atomic E-state index is -0.571. The zero-order chi connectivity index (χ0) is 51.6. The van der Waals surface area contributed by atoms with E-state index in [9.17, 15) is 24.3 Å². The summed E-state index contributed by atoms with van der Waals surface area (Å²) in [5, 5.41) is 20.7. The summed E-state index contributed by atoms with van der Waals surface area (Å²) < 4.78 is 5.46. The molecule has 4 aromatic rings. The van der Waals surface area contributed by atoms with Crippen molar-refractivity contribution in [1.29, 1.82) is 0 Å². The molecule has 0 bridgehead atoms. The van der Waals surface area contributed by atoms with E-state index in [1.54, 1.807) is 6.20 Å². The maximum Gasteiger partial charge on any atom is 0.274 e. The molecule has 6 heterocycles. The first-order valence-electron chi connectivity index (χ1n) is 26.7. The largest absolute Gasteiger partial charge is 0.387 e. The van der Waals surface area contributed by atoms with E-state index in [0.29, 0.717) is 120 Å². The number of piperazine rings is 2. The van der Waals surface area contributed by atoms with Crippen LogP contribution in [0.2, 0.25) is 5.02 Å². The van der Waals surface area contributed by atoms with Crippen molar-refractivity contribution in [2.24, 2.45) is 5.92 Å². The van der Waals surface area contributed by atoms with Crippen molar-refractivity contribution < 1.29 is 29.0 Å². The van der Waals surface area contributed by atoms with Crippen LogP contribution in [0.5, 0.6) is 0 Å². The molecule has 1 aliphatic carbocycles. The molecule has 9 rings (SSSR count). The minimum Gasteiger partial charge on any atom is -0.387 e. The lowest BCUT2D eigenvalue weighted by molar-refractivity contribution is -0.133. The molecule has 0 radical (unpaired) electrons. The van der Waals surface area contributed by atoms with Gasteiger partial charge >= 0.3 is 0 Å². The second-order valence-corrected chi connectivity index (χ2v) is 21.0. The Morgan fingerprint density at radius 2 is 1.50 bits per heavy atom. The van der Waals surface area contributed by atoms with Crippen LogP contribution in [0.15, 0.2) is 67.1 Å². The molecule has 18 nitrogen and oxygen atoms in total. The van der Waals surface area contributed by atoms with Crippen molar-refractivity contribution in [3.63, 3.8) is 0 Å². The monoisotopic (exact) mass is 1030 g/mol. The Morgan fingerprint density at radius 1 is 0.784 bits per heavy atom. The highest BCUT2D eigenvalue weighted by molar-refractivity contribution is 6.30. The van der Waals surface area contributed by atoms with E-state index >= 15 is 0 Å². The van der Waals surface area contributed by atoms with Gasteiger partial charge in [-0.05, 0) is 72.4 Å². The molecule has 3 atom stereocenters. The van der Waals surface area contributed by atoms with Gasteiger partial charge in [-0.25, -0.2) is 15.0 Å². The average molecular weight is 1030 g/mol. The number of piperidine rings is 1. The highest BCUT2D eigenvalue weighted by Crippen LogP contribution is 2.43. The molecule has 5 aliphatic rings. The van der Waals surface area contributed by atoms with E-state index in [4.69, 9.17) is 21.3 Å². The van der Waals surface area contributed by atoms with Gasteiger partial charge < -0.3 is 45.4 Å². The molecule has 74 heavy (non-hydrogen) atoms. The third-order valence-electron chi connectivity index (χ3n) is 15.5. The summed E-state index contributed by atoms with van der Waals surface area (Å²) in [5.41, 5.74) is 6.36. The number of nitrogens with one attached hydrogen (secondary N) is 3. The number of benzene rings is 2. The molecule has 4 saturated heterocycles. The number of amides is 4. The number of hydrogen-bond donors (Lipinski definition) is 4. The lowest BCUT2D eigenvalue weighted by Gasteiger charge is -2.38. The van der Waals surface area contributed by atoms with E-state index in [-0.39, 0.29) is 41.8 Å². The Morgan fingerprint density at radius 3 is 2.24 bits per heavy atom. The van der Waals surface area contributed by atoms with E-state index in [1.807, 2.05) is 52.3 Å². The van der Waals surface area contributed by atoms with Gasteiger partial charge in [-0.15, -0.1) is 0 Å². The topological polar surface area (TPSA) is 192 Å². The van der Waals surface area contributed by atoms with Gasteiger partial charge in [0.05, 0.1) is 49.7 Å². The normalized spacial score (nSPS) is 20.6. The van der Waals surface area contributed by atoms with E-state index in [1.165, 1.54) is 11.9 Å². The molecule has 4 N–H and O–H groups in total. The number of aromatic nitrogens is 3. The van der Waals surface area contributed by atoms with Crippen molar-refractivity contribution in [3.8, 4) is 11.1 Å². The standard InChI is InChI=1S/C55H73ClN12O6/c1-3-39-5-4-6-42(30-39)43-31-46(62-49(71)36-65-25-27-74-28-26-65)51(59-32-43)55(73)67-15-11-40(12-16-67)34-63-17-19-64(20-18-63)35-48(70)58-14-13-57-33-45(41-7-9-44(56)10-8-41)54(72)68-23-21-66(22-24-68)53-50-38(2)29-47(69)52(50)60-37-61-53/h4-10,30-32,37-38,40,45,47,57,69H,3,11-29,33-36H2,1-2H3,(H,58,70)(H,62,71)/t38-,45-,47-/m1/s1. The number of pyridine rings is 1. The molecular formula is C55H73ClN12O6. The highest BCUT2D eigenvalue weighted by Gasteiger charge is 2.36. The van der Waals surface area contributed by atoms with Crippen LogP contribution in [0.3, 0.4) is 0 Å². The van der Waals surface area contributed by atoms with E-state index in [0.717, 1.165) is 80.1 Å². The third-order valence-corrected chi connectivity index (χ3v) is 15.7. The number of likely N-dealkylation sites (tertiary alicyclic amines) is 1. The number of hydrogen-bond acceptors (Lipinski definition) is 14. The van der Waals surface area contributed by atoms with E-state index < -0.39 is 12.0 Å². The van der Waals surface area contributed by atoms with Gasteiger partial charge in [-0.1, -0.05) is 61.8 Å². The molecule has 2 aromatic heterocycles. The summed E-state index contributed by atoms with van der Waals surface area (Å²) in [4.78, 5) is 81.1. The summed E-state index contributed by atoms with van der Waals surface area (Å²) in [6, 6.07) is 17.6. The maximum atomic E-state index is 14.1. The van der Waals surface area contributed by atoms with Gasteiger partial charge in [0.1, 0.15) is 12.1 Å². The molecule has 2 aromatic carbocycles. The molecule has 0 saturated carbocycles. The molecule has 4 amide bonds. The molecule has 4 aliphatic heterocycles. The van der Waals surface area contributed by atoms with Crippen molar-refractivity contribution in [2.75, 3.05) is 141 Å². The van der Waals surface area contributed by atoms with Crippen molar-refractivity contribution in [2.45, 2.75) is 57.5 Å². The van der Waals surface area contributed by atoms with Crippen molar-refractivity contribution >= 4 is 46.7 Å². The number of morpholine rings is 1. The number of aryl methyl sites for hydroxylation is 1. The highest BCUT2D eigenvalue weighted by atomic mass is 35.5. The summed E-state index contributed by atoms with van der Waals surface area (Å²) in [6.07, 6.45) is 6.00. The quantitative estimate of drug-likeness (QED) is 0.105. The number of halogens is 1. The van der Waals surface area contributed by atoms with Gasteiger partial charge in [0.25, 0.3) is 5.91 Å². The van der Waals surface area contributed by atoms with Crippen LogP contribution in [-0.4, -0.2) is 199 Å². The van der Waals surface area contributed by atoms with Crippen LogP contribution in [0.1, 0.15) is 83.9 Å². The van der Waals surface area contributed by atoms with Crippen LogP contribution in [0, 0.1) is 5.92 Å². The number of rotatable bonds is 18. The summed E-state index contributed by atoms with van der Waals surface area (Å²) in [7, 11) is 0. The Labute approximate surface area is 440 Å². The average Bonchev–Trinajstić information content (AvgIpc) is 3.72. The predicted octanol–water partition coefficient (Wildman–Crippen LogP) is 3.87. The SMILES string of the molecule is CCc1cccc(-c2cnc(C(=O)N3CCC(CN4CCN(CC(=O)NCCNC[C@@H](C(=O)N5CCN(c6ncnc7c6[C@H](C)C[C@H]7O)CC5)c5ccc(Cl)cc5)CC4)CC3)c(NC(=O)CN3CCOCC3)c2)c1. The number of ether oxygens (including phenoxy) is 1. The first kappa shape index (κ1) is 53.2. The first-order valence-corrected chi connectivity index (χ1v) is 27.1. The lowest BCUT2D eigenvalue weighted by atomic mass is 9.95. The van der Waals surface area contributed by atoms with E-state index in [2.05, 4.69) is 71.5 Å². The first-order chi connectivity index (χ1) is 36.0. The second kappa shape index (κ2) is 25.3. The summed E-state index contributed by atoms with van der Waals surface area (Å²) in [6.45, 7) is 16.6. The minimum absolute atomic E-state index is 0.0200. The molecule has 4 fully saturated rings. The number of aliphatic hydroxyl groups is 1. The fourth-order valence-electron chi connectivity index (χ4n) is 11.1. The molecular weight excluding hydrogens is 960 g/mol. The Bertz CT molecular complexity index is 2560.